The lowest BCUT2D eigenvalue weighted by molar-refractivity contribution is 0.460. The molecule has 0 fully saturated rings. The maximum atomic E-state index is 6.05. The van der Waals surface area contributed by atoms with Crippen LogP contribution in [-0.2, 0) is 6.54 Å². The largest absolute Gasteiger partial charge is 0.437 e. The van der Waals surface area contributed by atoms with E-state index in [0.29, 0.717) is 44.0 Å². The van der Waals surface area contributed by atoms with Crippen molar-refractivity contribution in [3.63, 3.8) is 0 Å². The summed E-state index contributed by atoms with van der Waals surface area (Å²) in [5, 5.41) is 4.61. The van der Waals surface area contributed by atoms with Crippen molar-refractivity contribution >= 4 is 46.4 Å². The molecule has 0 spiro atoms. The van der Waals surface area contributed by atoms with E-state index in [4.69, 9.17) is 51.1 Å². The van der Waals surface area contributed by atoms with Crippen LogP contribution in [0.4, 0.5) is 0 Å². The second kappa shape index (κ2) is 6.83. The zero-order valence-corrected chi connectivity index (χ0v) is 13.4. The number of halogens is 4. The number of hydrogen-bond acceptors (Lipinski definition) is 3. The van der Waals surface area contributed by atoms with E-state index in [2.05, 4.69) is 10.3 Å². The summed E-state index contributed by atoms with van der Waals surface area (Å²) in [7, 11) is 1.81. The molecule has 0 saturated heterocycles. The minimum atomic E-state index is 0.353. The quantitative estimate of drug-likeness (QED) is 0.768. The Hall–Kier alpha value is -0.710. The fourth-order valence-corrected chi connectivity index (χ4v) is 2.26. The first-order valence-electron chi connectivity index (χ1n) is 5.63. The van der Waals surface area contributed by atoms with Crippen LogP contribution in [0.1, 0.15) is 5.69 Å². The fraction of sp³-hybridized carbons (Fsp3) is 0.154. The maximum Gasteiger partial charge on any atom is 0.219 e. The average molecular weight is 352 g/mol. The second-order valence-corrected chi connectivity index (χ2v) is 5.54. The number of rotatable bonds is 4. The van der Waals surface area contributed by atoms with Crippen molar-refractivity contribution in [2.75, 3.05) is 7.05 Å². The van der Waals surface area contributed by atoms with E-state index in [1.807, 2.05) is 0 Å². The van der Waals surface area contributed by atoms with Crippen LogP contribution in [0.5, 0.6) is 11.6 Å². The van der Waals surface area contributed by atoms with Crippen LogP contribution in [0.3, 0.4) is 0 Å². The van der Waals surface area contributed by atoms with Crippen LogP contribution in [-0.4, -0.2) is 12.0 Å². The molecule has 1 N–H and O–H groups in total. The Labute approximate surface area is 136 Å². The van der Waals surface area contributed by atoms with Crippen molar-refractivity contribution in [1.82, 2.24) is 10.3 Å². The SMILES string of the molecule is CNCc1nc(Oc2cc(Cl)c(Cl)cc2Cl)ccc1Cl. The lowest BCUT2D eigenvalue weighted by Crippen LogP contribution is -2.07. The van der Waals surface area contributed by atoms with Crippen molar-refractivity contribution in [1.29, 1.82) is 0 Å². The molecule has 7 heteroatoms. The number of nitrogens with one attached hydrogen (secondary N) is 1. The number of ether oxygens (including phenoxy) is 1. The van der Waals surface area contributed by atoms with E-state index >= 15 is 0 Å². The number of nitrogens with zero attached hydrogens (tertiary/aromatic N) is 1. The first-order chi connectivity index (χ1) is 9.51. The third-order valence-corrected chi connectivity index (χ3v) is 3.79. The first-order valence-corrected chi connectivity index (χ1v) is 7.15. The molecule has 20 heavy (non-hydrogen) atoms. The third kappa shape index (κ3) is 3.68. The van der Waals surface area contributed by atoms with Gasteiger partial charge in [-0.3, -0.25) is 0 Å². The fourth-order valence-electron chi connectivity index (χ4n) is 1.51. The Kier molecular flexibility index (Phi) is 5.35. The highest BCUT2D eigenvalue weighted by atomic mass is 35.5. The zero-order valence-electron chi connectivity index (χ0n) is 10.4. The molecule has 106 valence electrons. The molecule has 0 saturated carbocycles. The molecule has 0 aliphatic carbocycles. The molecule has 3 nitrogen and oxygen atoms in total. The minimum Gasteiger partial charge on any atom is -0.437 e. The Bertz CT molecular complexity index is 634. The average Bonchev–Trinajstić information content (AvgIpc) is 2.40. The van der Waals surface area contributed by atoms with E-state index < -0.39 is 0 Å². The molecule has 2 rings (SSSR count). The van der Waals surface area contributed by atoms with E-state index in [0.717, 1.165) is 0 Å². The highest BCUT2D eigenvalue weighted by molar-refractivity contribution is 6.43. The molecule has 0 unspecified atom stereocenters. The molecule has 1 aromatic heterocycles. The molecule has 0 radical (unpaired) electrons. The van der Waals surface area contributed by atoms with Crippen molar-refractivity contribution in [3.8, 4) is 11.6 Å². The van der Waals surface area contributed by atoms with Crippen LogP contribution in [0.25, 0.3) is 0 Å². The number of benzene rings is 1. The summed E-state index contributed by atoms with van der Waals surface area (Å²) in [5.41, 5.74) is 0.683. The van der Waals surface area contributed by atoms with Gasteiger partial charge >= 0.3 is 0 Å². The van der Waals surface area contributed by atoms with Crippen LogP contribution >= 0.6 is 46.4 Å². The minimum absolute atomic E-state index is 0.353. The monoisotopic (exact) mass is 350 g/mol. The summed E-state index contributed by atoms with van der Waals surface area (Å²) in [6.45, 7) is 0.533. The van der Waals surface area contributed by atoms with Gasteiger partial charge in [-0.05, 0) is 19.2 Å². The zero-order chi connectivity index (χ0) is 14.7. The second-order valence-electron chi connectivity index (χ2n) is 3.91. The van der Waals surface area contributed by atoms with Gasteiger partial charge in [-0.2, -0.15) is 0 Å². The lowest BCUT2D eigenvalue weighted by atomic mass is 10.3. The molecule has 0 atom stereocenters. The predicted molar refractivity (Wildman–Crippen MR) is 83.6 cm³/mol. The summed E-state index contributed by atoms with van der Waals surface area (Å²) < 4.78 is 5.61. The van der Waals surface area contributed by atoms with Gasteiger partial charge in [0.1, 0.15) is 5.75 Å². The molecule has 0 aliphatic heterocycles. The Morgan fingerprint density at radius 3 is 2.40 bits per heavy atom. The van der Waals surface area contributed by atoms with Crippen molar-refractivity contribution in [2.24, 2.45) is 0 Å². The molecule has 0 bridgehead atoms. The van der Waals surface area contributed by atoms with Gasteiger partial charge in [0.2, 0.25) is 5.88 Å². The van der Waals surface area contributed by atoms with Crippen LogP contribution in [0, 0.1) is 0 Å². The van der Waals surface area contributed by atoms with Gasteiger partial charge in [0.15, 0.2) is 0 Å². The summed E-state index contributed by atoms with van der Waals surface area (Å²) in [5.74, 6) is 0.756. The van der Waals surface area contributed by atoms with Crippen LogP contribution < -0.4 is 10.1 Å². The van der Waals surface area contributed by atoms with E-state index in [-0.39, 0.29) is 0 Å². The standard InChI is InChI=1S/C13H10Cl4N2O/c1-18-6-11-7(14)2-3-13(19-11)20-12-5-9(16)8(15)4-10(12)17/h2-5,18H,6H2,1H3. The van der Waals surface area contributed by atoms with Crippen molar-refractivity contribution in [2.45, 2.75) is 6.54 Å². The lowest BCUT2D eigenvalue weighted by Gasteiger charge is -2.10. The maximum absolute atomic E-state index is 6.05. The van der Waals surface area contributed by atoms with E-state index in [1.54, 1.807) is 25.2 Å². The highest BCUT2D eigenvalue weighted by Crippen LogP contribution is 2.36. The van der Waals surface area contributed by atoms with Crippen LogP contribution in [0.2, 0.25) is 20.1 Å². The van der Waals surface area contributed by atoms with Crippen LogP contribution in [0.15, 0.2) is 24.3 Å². The van der Waals surface area contributed by atoms with Gasteiger partial charge in [0.05, 0.1) is 25.8 Å². The van der Waals surface area contributed by atoms with Crippen molar-refractivity contribution in [3.05, 3.63) is 50.0 Å². The smallest absolute Gasteiger partial charge is 0.219 e. The summed E-state index contributed by atoms with van der Waals surface area (Å²) >= 11 is 23.9. The Morgan fingerprint density at radius 1 is 1.00 bits per heavy atom. The van der Waals surface area contributed by atoms with E-state index in [1.165, 1.54) is 6.07 Å². The first kappa shape index (κ1) is 15.7. The summed E-state index contributed by atoms with van der Waals surface area (Å²) in [6, 6.07) is 6.42. The Balaban J connectivity index is 2.30. The molecule has 0 amide bonds. The Morgan fingerprint density at radius 2 is 1.70 bits per heavy atom. The van der Waals surface area contributed by atoms with Crippen molar-refractivity contribution < 1.29 is 4.74 Å². The molecule has 1 aromatic carbocycles. The molecular weight excluding hydrogens is 342 g/mol. The van der Waals surface area contributed by atoms with E-state index in [9.17, 15) is 0 Å². The molecule has 1 heterocycles. The molecular formula is C13H10Cl4N2O. The number of aromatic nitrogens is 1. The van der Waals surface area contributed by atoms with Gasteiger partial charge in [0.25, 0.3) is 0 Å². The van der Waals surface area contributed by atoms with Gasteiger partial charge in [-0.25, -0.2) is 4.98 Å². The highest BCUT2D eigenvalue weighted by Gasteiger charge is 2.10. The van der Waals surface area contributed by atoms with Gasteiger partial charge in [0, 0.05) is 18.7 Å². The van der Waals surface area contributed by atoms with Gasteiger partial charge < -0.3 is 10.1 Å². The number of hydrogen-bond donors (Lipinski definition) is 1. The predicted octanol–water partition coefficient (Wildman–Crippen LogP) is 5.21. The van der Waals surface area contributed by atoms with Gasteiger partial charge in [-0.15, -0.1) is 0 Å². The molecule has 2 aromatic rings. The normalized spacial score (nSPS) is 10.7. The summed E-state index contributed by atoms with van der Waals surface area (Å²) in [6.07, 6.45) is 0. The number of pyridine rings is 1. The molecule has 0 aliphatic rings. The topological polar surface area (TPSA) is 34.2 Å². The third-order valence-electron chi connectivity index (χ3n) is 2.43. The van der Waals surface area contributed by atoms with Gasteiger partial charge in [-0.1, -0.05) is 46.4 Å². The summed E-state index contributed by atoms with van der Waals surface area (Å²) in [4.78, 5) is 4.30.